The summed E-state index contributed by atoms with van der Waals surface area (Å²) in [6.45, 7) is 6.51. The van der Waals surface area contributed by atoms with Crippen LogP contribution in [0.4, 0.5) is 5.95 Å². The number of aryl methyl sites for hydroxylation is 1. The number of fused-ring (bicyclic) bond motifs is 1. The molecule has 0 radical (unpaired) electrons. The maximum absolute atomic E-state index is 12.1. The van der Waals surface area contributed by atoms with Crippen molar-refractivity contribution in [2.75, 3.05) is 32.8 Å². The number of furan rings is 1. The number of hydrogen-bond donors (Lipinski definition) is 0. The Morgan fingerprint density at radius 2 is 2.15 bits per heavy atom. The predicted molar refractivity (Wildman–Crippen MR) is 125 cm³/mol. The van der Waals surface area contributed by atoms with E-state index in [-0.39, 0.29) is 12.3 Å². The third-order valence-electron chi connectivity index (χ3n) is 6.61. The largest absolute Gasteiger partial charge is 0.459 e. The highest BCUT2D eigenvalue weighted by atomic mass is 16.5. The fourth-order valence-electron chi connectivity index (χ4n) is 4.71. The van der Waals surface area contributed by atoms with Crippen molar-refractivity contribution in [3.63, 3.8) is 0 Å². The topological polar surface area (TPSA) is 108 Å². The molecule has 3 aliphatic rings. The van der Waals surface area contributed by atoms with Gasteiger partial charge in [-0.3, -0.25) is 9.69 Å². The lowest BCUT2D eigenvalue weighted by Crippen LogP contribution is -2.43. The monoisotopic (exact) mass is 460 g/mol. The van der Waals surface area contributed by atoms with E-state index >= 15 is 0 Å². The number of morpholine rings is 1. The third-order valence-corrected chi connectivity index (χ3v) is 6.61. The summed E-state index contributed by atoms with van der Waals surface area (Å²) < 4.78 is 11.6. The normalized spacial score (nSPS) is 21.9. The maximum Gasteiger partial charge on any atom is 0.250 e. The average Bonchev–Trinajstić information content (AvgIpc) is 3.29. The second-order valence-corrected chi connectivity index (χ2v) is 8.88. The van der Waals surface area contributed by atoms with Gasteiger partial charge in [0, 0.05) is 56.1 Å². The number of allylic oxidation sites excluding steroid dienone is 1. The van der Waals surface area contributed by atoms with E-state index in [1.807, 2.05) is 19.1 Å². The van der Waals surface area contributed by atoms with Crippen LogP contribution in [-0.2, 0) is 22.5 Å². The highest BCUT2D eigenvalue weighted by molar-refractivity contribution is 5.97. The molecule has 1 saturated heterocycles. The van der Waals surface area contributed by atoms with Gasteiger partial charge in [-0.05, 0) is 37.5 Å². The molecule has 4 heterocycles. The Labute approximate surface area is 198 Å². The number of nitriles is 1. The van der Waals surface area contributed by atoms with Gasteiger partial charge in [0.05, 0.1) is 19.3 Å². The number of nitrogens with zero attached hydrogens (tertiary/aromatic N) is 6. The van der Waals surface area contributed by atoms with Gasteiger partial charge in [0.25, 0.3) is 0 Å². The fraction of sp³-hybridized carbons (Fsp3) is 0.480. The van der Waals surface area contributed by atoms with Crippen LogP contribution in [-0.4, -0.2) is 70.3 Å². The van der Waals surface area contributed by atoms with Crippen molar-refractivity contribution in [2.45, 2.75) is 45.2 Å². The predicted octanol–water partition coefficient (Wildman–Crippen LogP) is 2.97. The van der Waals surface area contributed by atoms with E-state index in [2.05, 4.69) is 22.0 Å². The summed E-state index contributed by atoms with van der Waals surface area (Å²) in [5.74, 6) is 1.80. The standard InChI is InChI=1S/C25H28N6O3/c1-17-15-27-25(28-19-2-4-20(5-3-19)30-10-12-33-13-11-30)29-24(17)22-14-18-16-31(23(32)6-8-26)9-7-21(18)34-22/h2,4,14-15,20H,3,5-7,9-13,16H2,1H3. The molecule has 2 aromatic heterocycles. The van der Waals surface area contributed by atoms with Crippen LogP contribution in [0.2, 0.25) is 0 Å². The Kier molecular flexibility index (Phi) is 6.52. The van der Waals surface area contributed by atoms with E-state index in [0.717, 1.165) is 61.7 Å². The molecule has 176 valence electrons. The number of aliphatic imine (C=N–C) groups is 1. The summed E-state index contributed by atoms with van der Waals surface area (Å²) in [7, 11) is 0. The van der Waals surface area contributed by atoms with Gasteiger partial charge in [0.2, 0.25) is 11.9 Å². The van der Waals surface area contributed by atoms with Crippen molar-refractivity contribution in [1.29, 1.82) is 5.26 Å². The lowest BCUT2D eigenvalue weighted by molar-refractivity contribution is -0.131. The van der Waals surface area contributed by atoms with Gasteiger partial charge in [-0.25, -0.2) is 15.0 Å². The Morgan fingerprint density at radius 3 is 2.91 bits per heavy atom. The number of amides is 1. The zero-order chi connectivity index (χ0) is 23.5. The minimum absolute atomic E-state index is 0.101. The second-order valence-electron chi connectivity index (χ2n) is 8.88. The van der Waals surface area contributed by atoms with Crippen molar-refractivity contribution >= 4 is 17.6 Å². The molecule has 9 nitrogen and oxygen atoms in total. The number of carbonyl (C=O) groups is 1. The lowest BCUT2D eigenvalue weighted by Gasteiger charge is -2.34. The number of carbonyl (C=O) groups excluding carboxylic acids is 1. The first-order valence-electron chi connectivity index (χ1n) is 11.8. The van der Waals surface area contributed by atoms with Gasteiger partial charge in [0.1, 0.15) is 17.9 Å². The lowest BCUT2D eigenvalue weighted by atomic mass is 9.99. The first-order chi connectivity index (χ1) is 16.6. The first kappa shape index (κ1) is 22.4. The highest BCUT2D eigenvalue weighted by Gasteiger charge is 2.25. The Hall–Kier alpha value is -3.35. The average molecular weight is 461 g/mol. The van der Waals surface area contributed by atoms with Crippen LogP contribution in [0, 0.1) is 18.3 Å². The molecule has 9 heteroatoms. The molecule has 0 aromatic carbocycles. The number of ether oxygens (including phenoxy) is 1. The molecule has 0 N–H and O–H groups in total. The van der Waals surface area contributed by atoms with Crippen molar-refractivity contribution < 1.29 is 13.9 Å². The van der Waals surface area contributed by atoms with Crippen molar-refractivity contribution in [3.05, 3.63) is 41.3 Å². The van der Waals surface area contributed by atoms with Gasteiger partial charge < -0.3 is 14.1 Å². The fourth-order valence-corrected chi connectivity index (χ4v) is 4.71. The van der Waals surface area contributed by atoms with Crippen LogP contribution in [0.3, 0.4) is 0 Å². The van der Waals surface area contributed by atoms with Crippen molar-refractivity contribution in [3.8, 4) is 17.5 Å². The van der Waals surface area contributed by atoms with Gasteiger partial charge in [-0.1, -0.05) is 6.08 Å². The molecule has 2 aliphatic heterocycles. The van der Waals surface area contributed by atoms with E-state index in [1.165, 1.54) is 0 Å². The Balaban J connectivity index is 1.32. The van der Waals surface area contributed by atoms with E-state index in [1.54, 1.807) is 11.1 Å². The van der Waals surface area contributed by atoms with Gasteiger partial charge in [0.15, 0.2) is 5.76 Å². The number of hydrogen-bond acceptors (Lipinski definition) is 8. The SMILES string of the molecule is Cc1cnc(N=C2C=CC(N3CCOCC3)CC2)nc1-c1cc2c(o1)CCN(C(=O)CC#N)C2. The third kappa shape index (κ3) is 4.79. The van der Waals surface area contributed by atoms with E-state index in [4.69, 9.17) is 24.4 Å². The second kappa shape index (κ2) is 9.87. The molecule has 0 saturated carbocycles. The zero-order valence-corrected chi connectivity index (χ0v) is 19.4. The molecule has 0 spiro atoms. The van der Waals surface area contributed by atoms with Crippen molar-refractivity contribution in [2.24, 2.45) is 4.99 Å². The quantitative estimate of drug-likeness (QED) is 0.690. The van der Waals surface area contributed by atoms with Crippen LogP contribution < -0.4 is 0 Å². The van der Waals surface area contributed by atoms with Crippen LogP contribution in [0.25, 0.3) is 11.5 Å². The van der Waals surface area contributed by atoms with Gasteiger partial charge in [-0.2, -0.15) is 5.26 Å². The first-order valence-corrected chi connectivity index (χ1v) is 11.8. The maximum atomic E-state index is 12.1. The summed E-state index contributed by atoms with van der Waals surface area (Å²) >= 11 is 0. The smallest absolute Gasteiger partial charge is 0.250 e. The number of rotatable bonds is 4. The molecule has 34 heavy (non-hydrogen) atoms. The Morgan fingerprint density at radius 1 is 1.29 bits per heavy atom. The molecule has 2 aromatic rings. The van der Waals surface area contributed by atoms with Crippen LogP contribution in [0.1, 0.15) is 36.1 Å². The van der Waals surface area contributed by atoms with E-state index in [9.17, 15) is 4.79 Å². The minimum Gasteiger partial charge on any atom is -0.459 e. The molecule has 0 bridgehead atoms. The van der Waals surface area contributed by atoms with Crippen molar-refractivity contribution in [1.82, 2.24) is 19.8 Å². The summed E-state index contributed by atoms with van der Waals surface area (Å²) in [5, 5.41) is 8.81. The van der Waals surface area contributed by atoms with Gasteiger partial charge >= 0.3 is 0 Å². The van der Waals surface area contributed by atoms with E-state index in [0.29, 0.717) is 43.0 Å². The van der Waals surface area contributed by atoms with Crippen LogP contribution in [0.15, 0.2) is 33.8 Å². The zero-order valence-electron chi connectivity index (χ0n) is 19.4. The summed E-state index contributed by atoms with van der Waals surface area (Å²) in [6, 6.07) is 4.31. The molecule has 1 fully saturated rings. The summed E-state index contributed by atoms with van der Waals surface area (Å²) in [4.78, 5) is 30.1. The molecule has 1 unspecified atom stereocenters. The van der Waals surface area contributed by atoms with Crippen LogP contribution in [0.5, 0.6) is 0 Å². The van der Waals surface area contributed by atoms with Crippen LogP contribution >= 0.6 is 0 Å². The summed E-state index contributed by atoms with van der Waals surface area (Å²) in [6.07, 6.45) is 8.52. The molecule has 1 aliphatic carbocycles. The highest BCUT2D eigenvalue weighted by Crippen LogP contribution is 2.31. The molecule has 1 amide bonds. The van der Waals surface area contributed by atoms with E-state index < -0.39 is 0 Å². The summed E-state index contributed by atoms with van der Waals surface area (Å²) in [5.41, 5.74) is 3.55. The molecular weight excluding hydrogens is 432 g/mol. The molecule has 1 atom stereocenters. The van der Waals surface area contributed by atoms with Gasteiger partial charge in [-0.15, -0.1) is 0 Å². The molecular formula is C25H28N6O3. The molecule has 5 rings (SSSR count). The number of aromatic nitrogens is 2. The minimum atomic E-state index is -0.149. The Bertz CT molecular complexity index is 1170.